The molecule has 0 bridgehead atoms. The van der Waals surface area contributed by atoms with Crippen LogP contribution in [0.4, 0.5) is 0 Å². The topological polar surface area (TPSA) is 42.8 Å². The Hall–Kier alpha value is -1.62. The second kappa shape index (κ2) is 4.71. The van der Waals surface area contributed by atoms with Gasteiger partial charge in [0.2, 0.25) is 0 Å². The van der Waals surface area contributed by atoms with Crippen molar-refractivity contribution in [3.8, 4) is 5.75 Å². The van der Waals surface area contributed by atoms with Crippen LogP contribution in [0.3, 0.4) is 0 Å². The van der Waals surface area contributed by atoms with Crippen LogP contribution >= 0.6 is 12.2 Å². The molecular formula is C12H15N3OS. The quantitative estimate of drug-likeness (QED) is 0.850. The third kappa shape index (κ3) is 2.74. The minimum Gasteiger partial charge on any atom is -0.486 e. The molecule has 2 aromatic rings. The SMILES string of the molecule is Cc1cc(C)cc(OCc2n[nH]c(=S)n2C)c1. The van der Waals surface area contributed by atoms with Gasteiger partial charge in [0.15, 0.2) is 10.6 Å². The Morgan fingerprint density at radius 3 is 2.47 bits per heavy atom. The van der Waals surface area contributed by atoms with E-state index in [2.05, 4.69) is 30.1 Å². The maximum absolute atomic E-state index is 5.70. The van der Waals surface area contributed by atoms with Crippen molar-refractivity contribution in [2.75, 3.05) is 0 Å². The molecule has 0 saturated heterocycles. The lowest BCUT2D eigenvalue weighted by Gasteiger charge is -2.07. The number of H-pyrrole nitrogens is 1. The molecule has 17 heavy (non-hydrogen) atoms. The predicted molar refractivity (Wildman–Crippen MR) is 68.6 cm³/mol. The van der Waals surface area contributed by atoms with Crippen molar-refractivity contribution in [1.82, 2.24) is 14.8 Å². The van der Waals surface area contributed by atoms with E-state index in [0.717, 1.165) is 11.6 Å². The molecule has 0 amide bonds. The van der Waals surface area contributed by atoms with Gasteiger partial charge in [-0.15, -0.1) is 0 Å². The van der Waals surface area contributed by atoms with Gasteiger partial charge in [-0.05, 0) is 49.3 Å². The molecule has 1 N–H and O–H groups in total. The van der Waals surface area contributed by atoms with Crippen molar-refractivity contribution < 1.29 is 4.74 Å². The first kappa shape index (κ1) is 11.9. The lowest BCUT2D eigenvalue weighted by atomic mass is 10.1. The van der Waals surface area contributed by atoms with E-state index in [1.807, 2.05) is 19.2 Å². The molecule has 90 valence electrons. The summed E-state index contributed by atoms with van der Waals surface area (Å²) in [6.45, 7) is 4.51. The van der Waals surface area contributed by atoms with Gasteiger partial charge in [-0.3, -0.25) is 5.10 Å². The summed E-state index contributed by atoms with van der Waals surface area (Å²) in [5.74, 6) is 1.64. The first-order valence-corrected chi connectivity index (χ1v) is 5.78. The normalized spacial score (nSPS) is 10.5. The summed E-state index contributed by atoms with van der Waals surface area (Å²) in [6, 6.07) is 6.13. The number of aromatic nitrogens is 3. The molecule has 2 rings (SSSR count). The molecule has 0 aliphatic heterocycles. The molecule has 0 atom stereocenters. The van der Waals surface area contributed by atoms with E-state index in [1.165, 1.54) is 11.1 Å². The Bertz CT molecular complexity index is 565. The van der Waals surface area contributed by atoms with Gasteiger partial charge in [0.1, 0.15) is 12.4 Å². The van der Waals surface area contributed by atoms with E-state index >= 15 is 0 Å². The lowest BCUT2D eigenvalue weighted by Crippen LogP contribution is -2.03. The lowest BCUT2D eigenvalue weighted by molar-refractivity contribution is 0.291. The minimum absolute atomic E-state index is 0.409. The molecule has 0 radical (unpaired) electrons. The molecule has 5 heteroatoms. The minimum atomic E-state index is 0.409. The molecule has 1 heterocycles. The third-order valence-corrected chi connectivity index (χ3v) is 2.90. The maximum Gasteiger partial charge on any atom is 0.194 e. The van der Waals surface area contributed by atoms with Crippen molar-refractivity contribution >= 4 is 12.2 Å². The van der Waals surface area contributed by atoms with E-state index in [4.69, 9.17) is 17.0 Å². The zero-order valence-corrected chi connectivity index (χ0v) is 11.0. The largest absolute Gasteiger partial charge is 0.486 e. The fourth-order valence-corrected chi connectivity index (χ4v) is 1.82. The van der Waals surface area contributed by atoms with Crippen LogP contribution in [0.5, 0.6) is 5.75 Å². The van der Waals surface area contributed by atoms with Crippen LogP contribution in [0.2, 0.25) is 0 Å². The molecular weight excluding hydrogens is 234 g/mol. The average molecular weight is 249 g/mol. The first-order chi connectivity index (χ1) is 8.06. The molecule has 0 fully saturated rings. The van der Waals surface area contributed by atoms with Gasteiger partial charge in [-0.25, -0.2) is 0 Å². The zero-order valence-electron chi connectivity index (χ0n) is 10.2. The third-order valence-electron chi connectivity index (χ3n) is 2.54. The Balaban J connectivity index is 2.12. The summed E-state index contributed by atoms with van der Waals surface area (Å²) in [7, 11) is 1.87. The number of rotatable bonds is 3. The van der Waals surface area contributed by atoms with Crippen molar-refractivity contribution in [2.45, 2.75) is 20.5 Å². The summed E-state index contributed by atoms with van der Waals surface area (Å²) in [5, 5.41) is 6.83. The summed E-state index contributed by atoms with van der Waals surface area (Å²) in [4.78, 5) is 0. The highest BCUT2D eigenvalue weighted by Gasteiger charge is 2.03. The number of nitrogens with one attached hydrogen (secondary N) is 1. The summed E-state index contributed by atoms with van der Waals surface area (Å²) in [5.41, 5.74) is 2.38. The first-order valence-electron chi connectivity index (χ1n) is 5.37. The van der Waals surface area contributed by atoms with E-state index < -0.39 is 0 Å². The van der Waals surface area contributed by atoms with Gasteiger partial charge >= 0.3 is 0 Å². The van der Waals surface area contributed by atoms with E-state index in [1.54, 1.807) is 4.57 Å². The standard InChI is InChI=1S/C12H15N3OS/c1-8-4-9(2)6-10(5-8)16-7-11-13-14-12(17)15(11)3/h4-6H,7H2,1-3H3,(H,14,17). The summed E-state index contributed by atoms with van der Waals surface area (Å²) >= 11 is 5.04. The van der Waals surface area contributed by atoms with Crippen molar-refractivity contribution in [2.24, 2.45) is 7.05 Å². The number of benzene rings is 1. The molecule has 0 aliphatic carbocycles. The van der Waals surface area contributed by atoms with E-state index in [-0.39, 0.29) is 0 Å². The molecule has 0 unspecified atom stereocenters. The number of hydrogen-bond acceptors (Lipinski definition) is 3. The van der Waals surface area contributed by atoms with Gasteiger partial charge in [0.05, 0.1) is 0 Å². The van der Waals surface area contributed by atoms with Crippen LogP contribution in [-0.4, -0.2) is 14.8 Å². The van der Waals surface area contributed by atoms with Gasteiger partial charge in [-0.1, -0.05) is 6.07 Å². The number of aromatic amines is 1. The van der Waals surface area contributed by atoms with Crippen LogP contribution in [0, 0.1) is 18.6 Å². The van der Waals surface area contributed by atoms with E-state index in [0.29, 0.717) is 11.4 Å². The van der Waals surface area contributed by atoms with Crippen LogP contribution in [0.1, 0.15) is 17.0 Å². The maximum atomic E-state index is 5.70. The Morgan fingerprint density at radius 1 is 1.29 bits per heavy atom. The number of aryl methyl sites for hydroxylation is 2. The highest BCUT2D eigenvalue weighted by molar-refractivity contribution is 7.71. The van der Waals surface area contributed by atoms with Crippen LogP contribution in [-0.2, 0) is 13.7 Å². The molecule has 0 saturated carbocycles. The molecule has 1 aromatic carbocycles. The van der Waals surface area contributed by atoms with Gasteiger partial charge < -0.3 is 9.30 Å². The Kier molecular flexibility index (Phi) is 3.28. The number of hydrogen-bond donors (Lipinski definition) is 1. The fraction of sp³-hybridized carbons (Fsp3) is 0.333. The number of ether oxygens (including phenoxy) is 1. The molecule has 1 aromatic heterocycles. The van der Waals surface area contributed by atoms with Crippen LogP contribution in [0.25, 0.3) is 0 Å². The number of nitrogens with zero attached hydrogens (tertiary/aromatic N) is 2. The smallest absolute Gasteiger partial charge is 0.194 e. The highest BCUT2D eigenvalue weighted by Crippen LogP contribution is 2.17. The summed E-state index contributed by atoms with van der Waals surface area (Å²) < 4.78 is 8.10. The highest BCUT2D eigenvalue weighted by atomic mass is 32.1. The summed E-state index contributed by atoms with van der Waals surface area (Å²) in [6.07, 6.45) is 0. The van der Waals surface area contributed by atoms with Gasteiger partial charge in [0, 0.05) is 7.05 Å². The second-order valence-corrected chi connectivity index (χ2v) is 4.50. The van der Waals surface area contributed by atoms with Gasteiger partial charge in [-0.2, -0.15) is 5.10 Å². The Labute approximate surface area is 105 Å². The average Bonchev–Trinajstić information content (AvgIpc) is 2.56. The second-order valence-electron chi connectivity index (χ2n) is 4.12. The van der Waals surface area contributed by atoms with Crippen molar-refractivity contribution in [3.05, 3.63) is 39.9 Å². The van der Waals surface area contributed by atoms with E-state index in [9.17, 15) is 0 Å². The van der Waals surface area contributed by atoms with Crippen molar-refractivity contribution in [3.63, 3.8) is 0 Å². The zero-order chi connectivity index (χ0) is 12.4. The van der Waals surface area contributed by atoms with Crippen LogP contribution in [0.15, 0.2) is 18.2 Å². The molecule has 0 aliphatic rings. The monoisotopic (exact) mass is 249 g/mol. The fourth-order valence-electron chi connectivity index (χ4n) is 1.67. The predicted octanol–water partition coefficient (Wildman–Crippen LogP) is 2.67. The molecule has 4 nitrogen and oxygen atoms in total. The van der Waals surface area contributed by atoms with Crippen molar-refractivity contribution in [1.29, 1.82) is 0 Å². The Morgan fingerprint density at radius 2 is 1.94 bits per heavy atom. The van der Waals surface area contributed by atoms with Gasteiger partial charge in [0.25, 0.3) is 0 Å². The molecule has 0 spiro atoms. The van der Waals surface area contributed by atoms with Crippen LogP contribution < -0.4 is 4.74 Å².